The van der Waals surface area contributed by atoms with Crippen LogP contribution < -0.4 is 11.1 Å². The lowest BCUT2D eigenvalue weighted by Gasteiger charge is -2.35. The second-order valence-corrected chi connectivity index (χ2v) is 6.95. The number of amides is 1. The van der Waals surface area contributed by atoms with Gasteiger partial charge < -0.3 is 20.9 Å². The number of likely N-dealkylation sites (tertiary alicyclic amines) is 1. The molecule has 1 aliphatic heterocycles. The van der Waals surface area contributed by atoms with Gasteiger partial charge >= 0.3 is 0 Å². The van der Waals surface area contributed by atoms with Crippen molar-refractivity contribution in [3.8, 4) is 0 Å². The Balaban J connectivity index is 0.00000242. The summed E-state index contributed by atoms with van der Waals surface area (Å²) < 4.78 is 0. The summed E-state index contributed by atoms with van der Waals surface area (Å²) >= 11 is 0. The van der Waals surface area contributed by atoms with E-state index in [1.165, 1.54) is 12.8 Å². The van der Waals surface area contributed by atoms with E-state index in [1.54, 1.807) is 0 Å². The molecule has 2 unspecified atom stereocenters. The number of rotatable bonds is 5. The van der Waals surface area contributed by atoms with Crippen LogP contribution in [0.15, 0.2) is 0 Å². The Morgan fingerprint density at radius 2 is 1.83 bits per heavy atom. The van der Waals surface area contributed by atoms with Crippen molar-refractivity contribution in [1.29, 1.82) is 0 Å². The van der Waals surface area contributed by atoms with Crippen molar-refractivity contribution in [2.75, 3.05) is 40.3 Å². The number of hydrogen-bond acceptors (Lipinski definition) is 4. The number of piperidine rings is 1. The van der Waals surface area contributed by atoms with Crippen LogP contribution in [0.1, 0.15) is 38.5 Å². The van der Waals surface area contributed by atoms with E-state index in [-0.39, 0.29) is 42.7 Å². The number of nitrogens with two attached hydrogens (primary N) is 1. The summed E-state index contributed by atoms with van der Waals surface area (Å²) in [4.78, 5) is 16.9. The summed E-state index contributed by atoms with van der Waals surface area (Å²) in [5.41, 5.74) is 5.95. The lowest BCUT2D eigenvalue weighted by molar-refractivity contribution is -0.126. The molecule has 0 radical (unpaired) electrons. The second kappa shape index (κ2) is 11.5. The van der Waals surface area contributed by atoms with Gasteiger partial charge in [-0.3, -0.25) is 4.79 Å². The number of nitrogens with zero attached hydrogens (tertiary/aromatic N) is 2. The standard InChI is InChI=1S/C16H32N4O.2ClH/c1-19(2)15-6-9-20(10-7-15)11-8-18-16(21)13-4-3-5-14(17)12-13;;/h13-15H,3-12,17H2,1-2H3,(H,18,21);2*1H. The lowest BCUT2D eigenvalue weighted by atomic mass is 9.85. The largest absolute Gasteiger partial charge is 0.355 e. The summed E-state index contributed by atoms with van der Waals surface area (Å²) in [5.74, 6) is 0.363. The van der Waals surface area contributed by atoms with Gasteiger partial charge in [0.2, 0.25) is 5.91 Å². The number of hydrogen-bond donors (Lipinski definition) is 2. The van der Waals surface area contributed by atoms with Gasteiger partial charge in [-0.25, -0.2) is 0 Å². The van der Waals surface area contributed by atoms with Gasteiger partial charge in [-0.2, -0.15) is 0 Å². The zero-order valence-corrected chi connectivity index (χ0v) is 16.1. The van der Waals surface area contributed by atoms with Crippen LogP contribution in [0.5, 0.6) is 0 Å². The van der Waals surface area contributed by atoms with Gasteiger partial charge in [0, 0.05) is 31.1 Å². The molecule has 0 aromatic carbocycles. The maximum atomic E-state index is 12.1. The van der Waals surface area contributed by atoms with Crippen molar-refractivity contribution in [2.45, 2.75) is 50.6 Å². The van der Waals surface area contributed by atoms with Crippen molar-refractivity contribution in [1.82, 2.24) is 15.1 Å². The van der Waals surface area contributed by atoms with E-state index < -0.39 is 0 Å². The van der Waals surface area contributed by atoms with Crippen molar-refractivity contribution in [3.05, 3.63) is 0 Å². The number of nitrogens with one attached hydrogen (secondary N) is 1. The van der Waals surface area contributed by atoms with Crippen LogP contribution in [0.4, 0.5) is 0 Å². The molecule has 0 aromatic rings. The van der Waals surface area contributed by atoms with Crippen molar-refractivity contribution < 1.29 is 4.79 Å². The zero-order chi connectivity index (χ0) is 15.2. The van der Waals surface area contributed by atoms with E-state index in [1.807, 2.05) is 0 Å². The first-order valence-corrected chi connectivity index (χ1v) is 8.48. The summed E-state index contributed by atoms with van der Waals surface area (Å²) in [5, 5.41) is 3.11. The molecular weight excluding hydrogens is 335 g/mol. The minimum atomic E-state index is 0. The predicted octanol–water partition coefficient (Wildman–Crippen LogP) is 1.49. The maximum absolute atomic E-state index is 12.1. The summed E-state index contributed by atoms with van der Waals surface area (Å²) in [6.07, 6.45) is 6.51. The Bertz CT molecular complexity index is 336. The first kappa shape index (κ1) is 22.9. The Morgan fingerprint density at radius 3 is 2.39 bits per heavy atom. The quantitative estimate of drug-likeness (QED) is 0.771. The fourth-order valence-corrected chi connectivity index (χ4v) is 3.61. The van der Waals surface area contributed by atoms with E-state index in [0.717, 1.165) is 57.9 Å². The Kier molecular flexibility index (Phi) is 11.4. The molecule has 5 nitrogen and oxygen atoms in total. The van der Waals surface area contributed by atoms with Crippen LogP contribution in [-0.4, -0.2) is 68.1 Å². The average Bonchev–Trinajstić information content (AvgIpc) is 2.47. The molecule has 138 valence electrons. The lowest BCUT2D eigenvalue weighted by Crippen LogP contribution is -2.45. The topological polar surface area (TPSA) is 61.6 Å². The maximum Gasteiger partial charge on any atom is 0.223 e. The molecule has 1 saturated heterocycles. The fraction of sp³-hybridized carbons (Fsp3) is 0.938. The Hall–Kier alpha value is -0.0700. The average molecular weight is 369 g/mol. The van der Waals surface area contributed by atoms with Gasteiger partial charge in [0.05, 0.1) is 0 Å². The summed E-state index contributed by atoms with van der Waals surface area (Å²) in [7, 11) is 4.32. The van der Waals surface area contributed by atoms with E-state index in [2.05, 4.69) is 29.2 Å². The van der Waals surface area contributed by atoms with Crippen LogP contribution in [-0.2, 0) is 4.79 Å². The SMILES string of the molecule is CN(C)C1CCN(CCNC(=O)C2CCCC(N)C2)CC1.Cl.Cl. The molecule has 1 amide bonds. The smallest absolute Gasteiger partial charge is 0.223 e. The molecule has 2 atom stereocenters. The molecule has 2 fully saturated rings. The highest BCUT2D eigenvalue weighted by Gasteiger charge is 2.25. The third kappa shape index (κ3) is 7.57. The molecule has 0 bridgehead atoms. The Labute approximate surface area is 153 Å². The second-order valence-electron chi connectivity index (χ2n) is 6.95. The number of carbonyl (C=O) groups excluding carboxylic acids is 1. The van der Waals surface area contributed by atoms with E-state index in [4.69, 9.17) is 5.73 Å². The van der Waals surface area contributed by atoms with Gasteiger partial charge in [0.15, 0.2) is 0 Å². The molecule has 1 heterocycles. The minimum Gasteiger partial charge on any atom is -0.355 e. The molecule has 0 spiro atoms. The molecule has 0 aromatic heterocycles. The van der Waals surface area contributed by atoms with Crippen LogP contribution in [0, 0.1) is 5.92 Å². The van der Waals surface area contributed by atoms with E-state index in [9.17, 15) is 4.79 Å². The first-order chi connectivity index (χ1) is 10.1. The molecule has 1 aliphatic carbocycles. The van der Waals surface area contributed by atoms with Gasteiger partial charge in [-0.05, 0) is 59.3 Å². The highest BCUT2D eigenvalue weighted by atomic mass is 35.5. The molecular formula is C16H34Cl2N4O. The molecule has 1 saturated carbocycles. The van der Waals surface area contributed by atoms with Gasteiger partial charge in [0.25, 0.3) is 0 Å². The minimum absolute atomic E-state index is 0. The predicted molar refractivity (Wildman–Crippen MR) is 101 cm³/mol. The normalized spacial score (nSPS) is 26.3. The van der Waals surface area contributed by atoms with Crippen LogP contribution in [0.3, 0.4) is 0 Å². The summed E-state index contributed by atoms with van der Waals surface area (Å²) in [6, 6.07) is 0.944. The zero-order valence-electron chi connectivity index (χ0n) is 14.5. The monoisotopic (exact) mass is 368 g/mol. The number of halogens is 2. The van der Waals surface area contributed by atoms with Gasteiger partial charge in [-0.15, -0.1) is 24.8 Å². The molecule has 2 rings (SSSR count). The van der Waals surface area contributed by atoms with Crippen LogP contribution >= 0.6 is 24.8 Å². The third-order valence-corrected chi connectivity index (χ3v) is 5.10. The highest BCUT2D eigenvalue weighted by molar-refractivity contribution is 5.85. The molecule has 2 aliphatic rings. The van der Waals surface area contributed by atoms with E-state index >= 15 is 0 Å². The van der Waals surface area contributed by atoms with Crippen LogP contribution in [0.25, 0.3) is 0 Å². The van der Waals surface area contributed by atoms with Gasteiger partial charge in [0.1, 0.15) is 0 Å². The first-order valence-electron chi connectivity index (χ1n) is 8.48. The fourth-order valence-electron chi connectivity index (χ4n) is 3.61. The third-order valence-electron chi connectivity index (χ3n) is 5.10. The van der Waals surface area contributed by atoms with Gasteiger partial charge in [-0.1, -0.05) is 6.42 Å². The Morgan fingerprint density at radius 1 is 1.17 bits per heavy atom. The summed E-state index contributed by atoms with van der Waals surface area (Å²) in [6.45, 7) is 4.04. The molecule has 3 N–H and O–H groups in total. The molecule has 7 heteroatoms. The number of carbonyl (C=O) groups is 1. The van der Waals surface area contributed by atoms with Crippen molar-refractivity contribution in [2.24, 2.45) is 11.7 Å². The molecule has 23 heavy (non-hydrogen) atoms. The highest BCUT2D eigenvalue weighted by Crippen LogP contribution is 2.23. The van der Waals surface area contributed by atoms with Crippen molar-refractivity contribution >= 4 is 30.7 Å². The van der Waals surface area contributed by atoms with Crippen LogP contribution in [0.2, 0.25) is 0 Å². The van der Waals surface area contributed by atoms with E-state index in [0.29, 0.717) is 0 Å². The van der Waals surface area contributed by atoms with Crippen molar-refractivity contribution in [3.63, 3.8) is 0 Å².